The van der Waals surface area contributed by atoms with Crippen molar-refractivity contribution in [2.45, 2.75) is 23.8 Å². The predicted molar refractivity (Wildman–Crippen MR) is 117 cm³/mol. The summed E-state index contributed by atoms with van der Waals surface area (Å²) in [6.45, 7) is 1.24. The number of amides is 2. The second-order valence-electron chi connectivity index (χ2n) is 6.69. The van der Waals surface area contributed by atoms with Crippen LogP contribution in [-0.4, -0.2) is 49.6 Å². The highest BCUT2D eigenvalue weighted by atomic mass is 32.2. The lowest BCUT2D eigenvalue weighted by Gasteiger charge is -2.11. The molecular formula is C22H25N3O4S. The fourth-order valence-corrected chi connectivity index (χ4v) is 3.47. The zero-order chi connectivity index (χ0) is 21.0. The molecule has 158 valence electrons. The van der Waals surface area contributed by atoms with Crippen molar-refractivity contribution in [1.82, 2.24) is 10.7 Å². The maximum atomic E-state index is 11.8. The molecule has 0 spiro atoms. The number of hydrogen-bond acceptors (Lipinski definition) is 6. The third-order valence-corrected chi connectivity index (χ3v) is 5.33. The third kappa shape index (κ3) is 7.88. The second kappa shape index (κ2) is 12.0. The number of benzene rings is 2. The van der Waals surface area contributed by atoms with Crippen LogP contribution in [-0.2, 0) is 14.3 Å². The summed E-state index contributed by atoms with van der Waals surface area (Å²) in [4.78, 5) is 24.7. The number of ether oxygens (including phenoxy) is 2. The zero-order valence-corrected chi connectivity index (χ0v) is 17.4. The van der Waals surface area contributed by atoms with Gasteiger partial charge in [-0.15, -0.1) is 11.8 Å². The highest BCUT2D eigenvalue weighted by molar-refractivity contribution is 8.00. The molecule has 1 atom stereocenters. The van der Waals surface area contributed by atoms with Crippen molar-refractivity contribution < 1.29 is 19.1 Å². The van der Waals surface area contributed by atoms with Gasteiger partial charge in [0.25, 0.3) is 5.91 Å². The molecular weight excluding hydrogens is 402 g/mol. The summed E-state index contributed by atoms with van der Waals surface area (Å²) < 4.78 is 10.9. The smallest absolute Gasteiger partial charge is 0.258 e. The van der Waals surface area contributed by atoms with Gasteiger partial charge in [0.05, 0.1) is 18.1 Å². The predicted octanol–water partition coefficient (Wildman–Crippen LogP) is 2.60. The van der Waals surface area contributed by atoms with E-state index in [1.807, 2.05) is 30.3 Å². The molecule has 2 amide bonds. The summed E-state index contributed by atoms with van der Waals surface area (Å²) in [5, 5.41) is 6.78. The molecule has 2 aromatic carbocycles. The van der Waals surface area contributed by atoms with Gasteiger partial charge in [-0.2, -0.15) is 5.10 Å². The molecule has 30 heavy (non-hydrogen) atoms. The highest BCUT2D eigenvalue weighted by Crippen LogP contribution is 2.16. The number of carbonyl (C=O) groups excluding carboxylic acids is 2. The van der Waals surface area contributed by atoms with Crippen LogP contribution in [0.25, 0.3) is 0 Å². The fourth-order valence-electron chi connectivity index (χ4n) is 2.76. The Bertz CT molecular complexity index is 837. The van der Waals surface area contributed by atoms with Crippen LogP contribution in [0, 0.1) is 0 Å². The standard InChI is InChI=1S/C22H25N3O4S/c26-21(23-14-19-5-4-12-28-19)15-29-18-10-8-17(9-11-18)13-24-25-22(27)16-30-20-6-2-1-3-7-20/h1-3,6-11,13,19H,4-5,12,14-16H2,(H,23,26)(H,25,27)/b24-13-/t19-/m0/s1. The van der Waals surface area contributed by atoms with E-state index >= 15 is 0 Å². The Morgan fingerprint density at radius 1 is 1.13 bits per heavy atom. The number of nitrogens with zero attached hydrogens (tertiary/aromatic N) is 1. The minimum absolute atomic E-state index is 0.0463. The molecule has 1 aliphatic heterocycles. The molecule has 8 heteroatoms. The Morgan fingerprint density at radius 2 is 1.93 bits per heavy atom. The van der Waals surface area contributed by atoms with E-state index in [1.54, 1.807) is 30.5 Å². The van der Waals surface area contributed by atoms with Crippen molar-refractivity contribution in [2.24, 2.45) is 5.10 Å². The number of thioether (sulfide) groups is 1. The first-order chi connectivity index (χ1) is 14.7. The Kier molecular flexibility index (Phi) is 8.74. The van der Waals surface area contributed by atoms with Crippen LogP contribution in [0.15, 0.2) is 64.6 Å². The van der Waals surface area contributed by atoms with Crippen molar-refractivity contribution in [3.05, 3.63) is 60.2 Å². The summed E-state index contributed by atoms with van der Waals surface area (Å²) in [6, 6.07) is 16.8. The van der Waals surface area contributed by atoms with Gasteiger partial charge in [0.1, 0.15) is 5.75 Å². The lowest BCUT2D eigenvalue weighted by Crippen LogP contribution is -2.35. The molecule has 0 saturated carbocycles. The summed E-state index contributed by atoms with van der Waals surface area (Å²) in [6.07, 6.45) is 3.70. The van der Waals surface area contributed by atoms with E-state index in [1.165, 1.54) is 11.8 Å². The van der Waals surface area contributed by atoms with Crippen LogP contribution in [0.4, 0.5) is 0 Å². The molecule has 0 radical (unpaired) electrons. The topological polar surface area (TPSA) is 89.0 Å². The molecule has 3 rings (SSSR count). The van der Waals surface area contributed by atoms with Crippen LogP contribution in [0.5, 0.6) is 5.75 Å². The first kappa shape index (κ1) is 21.9. The van der Waals surface area contributed by atoms with E-state index < -0.39 is 0 Å². The van der Waals surface area contributed by atoms with E-state index in [2.05, 4.69) is 15.8 Å². The van der Waals surface area contributed by atoms with Gasteiger partial charge in [-0.25, -0.2) is 5.43 Å². The molecule has 1 saturated heterocycles. The number of hydrazone groups is 1. The largest absolute Gasteiger partial charge is 0.484 e. The molecule has 1 heterocycles. The van der Waals surface area contributed by atoms with E-state index in [-0.39, 0.29) is 24.5 Å². The molecule has 1 aliphatic rings. The summed E-state index contributed by atoms with van der Waals surface area (Å²) in [5.74, 6) is 0.535. The van der Waals surface area contributed by atoms with Crippen LogP contribution in [0.2, 0.25) is 0 Å². The minimum atomic E-state index is -0.174. The summed E-state index contributed by atoms with van der Waals surface area (Å²) >= 11 is 1.45. The Hall–Kier alpha value is -2.84. The van der Waals surface area contributed by atoms with Crippen LogP contribution >= 0.6 is 11.8 Å². The van der Waals surface area contributed by atoms with Gasteiger partial charge in [-0.1, -0.05) is 18.2 Å². The van der Waals surface area contributed by atoms with Crippen LogP contribution in [0.3, 0.4) is 0 Å². The van der Waals surface area contributed by atoms with Gasteiger partial charge in [0.15, 0.2) is 6.61 Å². The van der Waals surface area contributed by atoms with Crippen molar-refractivity contribution in [2.75, 3.05) is 25.5 Å². The molecule has 2 N–H and O–H groups in total. The lowest BCUT2D eigenvalue weighted by atomic mass is 10.2. The normalized spacial score (nSPS) is 15.8. The van der Waals surface area contributed by atoms with Crippen LogP contribution in [0.1, 0.15) is 18.4 Å². The van der Waals surface area contributed by atoms with Crippen molar-refractivity contribution in [1.29, 1.82) is 0 Å². The molecule has 0 aliphatic carbocycles. The average Bonchev–Trinajstić information content (AvgIpc) is 3.30. The molecule has 0 aromatic heterocycles. The van der Waals surface area contributed by atoms with Gasteiger partial charge in [0.2, 0.25) is 5.91 Å². The summed E-state index contributed by atoms with van der Waals surface area (Å²) in [7, 11) is 0. The minimum Gasteiger partial charge on any atom is -0.484 e. The lowest BCUT2D eigenvalue weighted by molar-refractivity contribution is -0.123. The van der Waals surface area contributed by atoms with Crippen molar-refractivity contribution in [3.63, 3.8) is 0 Å². The fraction of sp³-hybridized carbons (Fsp3) is 0.318. The van der Waals surface area contributed by atoms with E-state index in [0.29, 0.717) is 18.0 Å². The number of nitrogens with one attached hydrogen (secondary N) is 2. The second-order valence-corrected chi connectivity index (χ2v) is 7.74. The van der Waals surface area contributed by atoms with Crippen LogP contribution < -0.4 is 15.5 Å². The van der Waals surface area contributed by atoms with E-state index in [9.17, 15) is 9.59 Å². The quantitative estimate of drug-likeness (QED) is 0.346. The number of rotatable bonds is 10. The molecule has 7 nitrogen and oxygen atoms in total. The number of hydrogen-bond donors (Lipinski definition) is 2. The van der Waals surface area contributed by atoms with Crippen molar-refractivity contribution >= 4 is 29.8 Å². The van der Waals surface area contributed by atoms with Crippen molar-refractivity contribution in [3.8, 4) is 5.75 Å². The van der Waals surface area contributed by atoms with Gasteiger partial charge in [0, 0.05) is 18.0 Å². The SMILES string of the molecule is O=C(COc1ccc(/C=N\NC(=O)CSc2ccccc2)cc1)NC[C@@H]1CCCO1. The van der Waals surface area contributed by atoms with Gasteiger partial charge in [-0.3, -0.25) is 9.59 Å². The first-order valence-electron chi connectivity index (χ1n) is 9.80. The van der Waals surface area contributed by atoms with Gasteiger partial charge < -0.3 is 14.8 Å². The Balaban J connectivity index is 1.33. The van der Waals surface area contributed by atoms with E-state index in [4.69, 9.17) is 9.47 Å². The Morgan fingerprint density at radius 3 is 2.67 bits per heavy atom. The average molecular weight is 428 g/mol. The maximum Gasteiger partial charge on any atom is 0.258 e. The molecule has 0 bridgehead atoms. The monoisotopic (exact) mass is 427 g/mol. The molecule has 2 aromatic rings. The maximum absolute atomic E-state index is 11.8. The summed E-state index contributed by atoms with van der Waals surface area (Å²) in [5.41, 5.74) is 3.32. The zero-order valence-electron chi connectivity index (χ0n) is 16.6. The van der Waals surface area contributed by atoms with Gasteiger partial charge in [-0.05, 0) is 54.8 Å². The van der Waals surface area contributed by atoms with E-state index in [0.717, 1.165) is 29.9 Å². The Labute approximate surface area is 180 Å². The first-order valence-corrected chi connectivity index (χ1v) is 10.8. The molecule has 0 unspecified atom stereocenters. The third-order valence-electron chi connectivity index (χ3n) is 4.32. The highest BCUT2D eigenvalue weighted by Gasteiger charge is 2.16. The van der Waals surface area contributed by atoms with Gasteiger partial charge >= 0.3 is 0 Å². The number of carbonyl (C=O) groups is 2. The molecule has 1 fully saturated rings.